The average molecular weight is 286 g/mol. The highest BCUT2D eigenvalue weighted by molar-refractivity contribution is 7.98. The zero-order chi connectivity index (χ0) is 12.3. The first-order valence-corrected chi connectivity index (χ1v) is 7.49. The highest BCUT2D eigenvalue weighted by Gasteiger charge is 2.08. The van der Waals surface area contributed by atoms with Crippen molar-refractivity contribution in [2.45, 2.75) is 11.7 Å². The summed E-state index contributed by atoms with van der Waals surface area (Å²) >= 11 is 9.19. The van der Waals surface area contributed by atoms with E-state index in [-0.39, 0.29) is 0 Å². The average Bonchev–Trinajstić information content (AvgIpc) is 2.81. The third kappa shape index (κ3) is 3.34. The molecular formula is C11H12ClN3S2. The molecule has 0 saturated heterocycles. The Kier molecular flexibility index (Phi) is 4.25. The van der Waals surface area contributed by atoms with Gasteiger partial charge in [-0.2, -0.15) is 0 Å². The van der Waals surface area contributed by atoms with Crippen LogP contribution in [0.25, 0.3) is 0 Å². The molecule has 6 heteroatoms. The quantitative estimate of drug-likeness (QED) is 0.488. The van der Waals surface area contributed by atoms with Gasteiger partial charge in [0.25, 0.3) is 0 Å². The van der Waals surface area contributed by atoms with Gasteiger partial charge in [-0.05, 0) is 17.7 Å². The number of anilines is 1. The maximum atomic E-state index is 5.97. The molecule has 0 atom stereocenters. The van der Waals surface area contributed by atoms with Gasteiger partial charge < -0.3 is 4.90 Å². The molecule has 0 saturated carbocycles. The van der Waals surface area contributed by atoms with Crippen molar-refractivity contribution < 1.29 is 0 Å². The molecule has 2 aromatic rings. The lowest BCUT2D eigenvalue weighted by atomic mass is 10.4. The number of hydrogen-bond acceptors (Lipinski definition) is 5. The molecule has 0 aliphatic rings. The van der Waals surface area contributed by atoms with Crippen molar-refractivity contribution in [1.82, 2.24) is 9.97 Å². The van der Waals surface area contributed by atoms with Crippen LogP contribution >= 0.6 is 34.7 Å². The van der Waals surface area contributed by atoms with E-state index in [4.69, 9.17) is 11.6 Å². The molecule has 0 bridgehead atoms. The fourth-order valence-corrected chi connectivity index (χ4v) is 2.75. The van der Waals surface area contributed by atoms with E-state index in [9.17, 15) is 0 Å². The Morgan fingerprint density at radius 2 is 2.29 bits per heavy atom. The number of thioether (sulfide) groups is 1. The van der Waals surface area contributed by atoms with Crippen LogP contribution in [-0.4, -0.2) is 23.3 Å². The van der Waals surface area contributed by atoms with Crippen LogP contribution in [0.3, 0.4) is 0 Å². The molecule has 0 spiro atoms. The Balaban J connectivity index is 2.18. The molecule has 0 aliphatic carbocycles. The second kappa shape index (κ2) is 5.71. The summed E-state index contributed by atoms with van der Waals surface area (Å²) in [5.41, 5.74) is 0. The molecule has 2 aromatic heterocycles. The highest BCUT2D eigenvalue weighted by Crippen LogP contribution is 2.21. The summed E-state index contributed by atoms with van der Waals surface area (Å²) in [4.78, 5) is 11.9. The van der Waals surface area contributed by atoms with E-state index in [1.807, 2.05) is 19.4 Å². The summed E-state index contributed by atoms with van der Waals surface area (Å²) in [5, 5.41) is 3.26. The lowest BCUT2D eigenvalue weighted by Gasteiger charge is -2.17. The standard InChI is InChI=1S/C11H12ClN3S2/c1-15(7-8-4-3-5-17-8)10-6-9(12)13-11(14-10)16-2/h3-6H,7H2,1-2H3. The van der Waals surface area contributed by atoms with Gasteiger partial charge in [-0.25, -0.2) is 9.97 Å². The van der Waals surface area contributed by atoms with Crippen LogP contribution < -0.4 is 4.90 Å². The van der Waals surface area contributed by atoms with Crippen molar-refractivity contribution in [1.29, 1.82) is 0 Å². The topological polar surface area (TPSA) is 29.0 Å². The van der Waals surface area contributed by atoms with Gasteiger partial charge in [0, 0.05) is 18.0 Å². The van der Waals surface area contributed by atoms with Gasteiger partial charge in [0.05, 0.1) is 6.54 Å². The van der Waals surface area contributed by atoms with Crippen LogP contribution in [0.4, 0.5) is 5.82 Å². The number of halogens is 1. The van der Waals surface area contributed by atoms with Gasteiger partial charge in [0.2, 0.25) is 0 Å². The van der Waals surface area contributed by atoms with E-state index in [1.54, 1.807) is 17.4 Å². The number of hydrogen-bond donors (Lipinski definition) is 0. The Labute approximate surface area is 114 Å². The van der Waals surface area contributed by atoms with Gasteiger partial charge in [-0.15, -0.1) is 11.3 Å². The summed E-state index contributed by atoms with van der Waals surface area (Å²) in [6, 6.07) is 5.95. The maximum Gasteiger partial charge on any atom is 0.190 e. The van der Waals surface area contributed by atoms with Gasteiger partial charge >= 0.3 is 0 Å². The molecule has 90 valence electrons. The first kappa shape index (κ1) is 12.7. The molecule has 3 nitrogen and oxygen atoms in total. The normalized spacial score (nSPS) is 10.5. The van der Waals surface area contributed by atoms with Crippen molar-refractivity contribution in [2.75, 3.05) is 18.2 Å². The van der Waals surface area contributed by atoms with E-state index < -0.39 is 0 Å². The van der Waals surface area contributed by atoms with E-state index in [0.717, 1.165) is 12.4 Å². The summed E-state index contributed by atoms with van der Waals surface area (Å²) in [7, 11) is 2.00. The van der Waals surface area contributed by atoms with Crippen molar-refractivity contribution in [3.8, 4) is 0 Å². The molecule has 17 heavy (non-hydrogen) atoms. The molecule has 0 aliphatic heterocycles. The molecule has 0 fully saturated rings. The Hall–Kier alpha value is -0.780. The molecular weight excluding hydrogens is 274 g/mol. The van der Waals surface area contributed by atoms with Gasteiger partial charge in [0.1, 0.15) is 11.0 Å². The number of thiophene rings is 1. The van der Waals surface area contributed by atoms with Gasteiger partial charge in [-0.1, -0.05) is 29.4 Å². The molecule has 2 rings (SSSR count). The number of rotatable bonds is 4. The van der Waals surface area contributed by atoms with Crippen LogP contribution in [0.1, 0.15) is 4.88 Å². The zero-order valence-corrected chi connectivity index (χ0v) is 11.9. The van der Waals surface area contributed by atoms with E-state index in [2.05, 4.69) is 26.3 Å². The minimum absolute atomic E-state index is 0.484. The minimum atomic E-state index is 0.484. The molecule has 0 N–H and O–H groups in total. The Morgan fingerprint density at radius 3 is 2.94 bits per heavy atom. The second-order valence-corrected chi connectivity index (χ2v) is 5.66. The lowest BCUT2D eigenvalue weighted by Crippen LogP contribution is -2.17. The third-order valence-electron chi connectivity index (χ3n) is 2.21. The summed E-state index contributed by atoms with van der Waals surface area (Å²) in [6.07, 6.45) is 1.94. The first-order valence-electron chi connectivity index (χ1n) is 5.01. The van der Waals surface area contributed by atoms with Crippen molar-refractivity contribution in [3.05, 3.63) is 33.6 Å². The fourth-order valence-electron chi connectivity index (χ4n) is 1.39. The van der Waals surface area contributed by atoms with E-state index >= 15 is 0 Å². The first-order chi connectivity index (χ1) is 8.19. The summed E-state index contributed by atoms with van der Waals surface area (Å²) in [6.45, 7) is 0.832. The van der Waals surface area contributed by atoms with Gasteiger partial charge in [0.15, 0.2) is 5.16 Å². The monoisotopic (exact) mass is 285 g/mol. The second-order valence-electron chi connectivity index (χ2n) is 3.47. The summed E-state index contributed by atoms with van der Waals surface area (Å²) in [5.74, 6) is 0.850. The molecule has 0 aromatic carbocycles. The zero-order valence-electron chi connectivity index (χ0n) is 9.55. The minimum Gasteiger partial charge on any atom is -0.354 e. The Bertz CT molecular complexity index is 487. The predicted octanol–water partition coefficient (Wildman–Crippen LogP) is 3.55. The lowest BCUT2D eigenvalue weighted by molar-refractivity contribution is 0.865. The SMILES string of the molecule is CSc1nc(Cl)cc(N(C)Cc2cccs2)n1. The van der Waals surface area contributed by atoms with Crippen LogP contribution in [0.5, 0.6) is 0 Å². The highest BCUT2D eigenvalue weighted by atomic mass is 35.5. The van der Waals surface area contributed by atoms with Crippen LogP contribution in [0, 0.1) is 0 Å². The fraction of sp³-hybridized carbons (Fsp3) is 0.273. The van der Waals surface area contributed by atoms with E-state index in [1.165, 1.54) is 16.6 Å². The van der Waals surface area contributed by atoms with Gasteiger partial charge in [-0.3, -0.25) is 0 Å². The number of aromatic nitrogens is 2. The van der Waals surface area contributed by atoms with Crippen LogP contribution in [0.15, 0.2) is 28.7 Å². The van der Waals surface area contributed by atoms with Crippen LogP contribution in [0.2, 0.25) is 5.15 Å². The van der Waals surface area contributed by atoms with Crippen molar-refractivity contribution >= 4 is 40.5 Å². The molecule has 2 heterocycles. The Morgan fingerprint density at radius 1 is 1.47 bits per heavy atom. The largest absolute Gasteiger partial charge is 0.354 e. The smallest absolute Gasteiger partial charge is 0.190 e. The third-order valence-corrected chi connectivity index (χ3v) is 3.81. The number of nitrogens with zero attached hydrogens (tertiary/aromatic N) is 3. The molecule has 0 amide bonds. The maximum absolute atomic E-state index is 5.97. The van der Waals surface area contributed by atoms with E-state index in [0.29, 0.717) is 10.3 Å². The van der Waals surface area contributed by atoms with Crippen molar-refractivity contribution in [2.24, 2.45) is 0 Å². The molecule has 0 radical (unpaired) electrons. The van der Waals surface area contributed by atoms with Crippen LogP contribution in [-0.2, 0) is 6.54 Å². The predicted molar refractivity (Wildman–Crippen MR) is 75.2 cm³/mol. The molecule has 0 unspecified atom stereocenters. The summed E-state index contributed by atoms with van der Waals surface area (Å²) < 4.78 is 0. The van der Waals surface area contributed by atoms with Crippen molar-refractivity contribution in [3.63, 3.8) is 0 Å².